The molecule has 0 aromatic heterocycles. The lowest BCUT2D eigenvalue weighted by Gasteiger charge is -2.09. The molecule has 0 aliphatic heterocycles. The van der Waals surface area contributed by atoms with Gasteiger partial charge in [0.25, 0.3) is 0 Å². The summed E-state index contributed by atoms with van der Waals surface area (Å²) in [6.45, 7) is 5.45. The van der Waals surface area contributed by atoms with E-state index < -0.39 is 15.1 Å². The summed E-state index contributed by atoms with van der Waals surface area (Å²) in [5.74, 6) is 0. The van der Waals surface area contributed by atoms with Crippen LogP contribution in [0.2, 0.25) is 0 Å². The zero-order valence-corrected chi connectivity index (χ0v) is 10.6. The van der Waals surface area contributed by atoms with Gasteiger partial charge in [-0.15, -0.1) is 6.58 Å². The lowest BCUT2D eigenvalue weighted by molar-refractivity contribution is 0.594. The van der Waals surface area contributed by atoms with Gasteiger partial charge in [-0.1, -0.05) is 48.6 Å². The minimum Gasteiger partial charge on any atom is -0.223 e. The number of hydrogen-bond acceptors (Lipinski definition) is 2. The minimum absolute atomic E-state index is 0.315. The van der Waals surface area contributed by atoms with Gasteiger partial charge in [-0.25, -0.2) is 8.42 Å². The second-order valence-corrected chi connectivity index (χ2v) is 5.57. The molecule has 17 heavy (non-hydrogen) atoms. The van der Waals surface area contributed by atoms with Crippen molar-refractivity contribution in [3.63, 3.8) is 0 Å². The lowest BCUT2D eigenvalue weighted by Crippen LogP contribution is -2.16. The Kier molecular flexibility index (Phi) is 4.91. The SMILES string of the molecule is C=CC(/C=C\C=C/C)S(=O)(=O)c1ccccc1. The Bertz CT molecular complexity index is 510. The summed E-state index contributed by atoms with van der Waals surface area (Å²) in [6, 6.07) is 8.40. The first-order chi connectivity index (χ1) is 8.12. The third-order valence-corrected chi connectivity index (χ3v) is 4.26. The maximum Gasteiger partial charge on any atom is 0.188 e. The smallest absolute Gasteiger partial charge is 0.188 e. The Hall–Kier alpha value is -1.61. The summed E-state index contributed by atoms with van der Waals surface area (Å²) in [7, 11) is -3.37. The van der Waals surface area contributed by atoms with Crippen molar-refractivity contribution in [3.8, 4) is 0 Å². The van der Waals surface area contributed by atoms with Gasteiger partial charge >= 0.3 is 0 Å². The van der Waals surface area contributed by atoms with Gasteiger partial charge < -0.3 is 0 Å². The standard InChI is InChI=1S/C14H16O2S/c1-3-5-7-10-13(4-2)17(15,16)14-11-8-6-9-12-14/h3-13H,2H2,1H3/b5-3-,10-7-. The molecule has 0 heterocycles. The quantitative estimate of drug-likeness (QED) is 0.592. The number of rotatable bonds is 5. The van der Waals surface area contributed by atoms with E-state index in [1.54, 1.807) is 48.6 Å². The molecular weight excluding hydrogens is 232 g/mol. The average molecular weight is 248 g/mol. The van der Waals surface area contributed by atoms with Crippen molar-refractivity contribution >= 4 is 9.84 Å². The fraction of sp³-hybridized carbons (Fsp3) is 0.143. The van der Waals surface area contributed by atoms with Crippen LogP contribution in [0.1, 0.15) is 6.92 Å². The monoisotopic (exact) mass is 248 g/mol. The van der Waals surface area contributed by atoms with Crippen LogP contribution < -0.4 is 0 Å². The van der Waals surface area contributed by atoms with Crippen molar-refractivity contribution in [1.29, 1.82) is 0 Å². The molecule has 3 heteroatoms. The molecule has 1 aromatic carbocycles. The van der Waals surface area contributed by atoms with Crippen molar-refractivity contribution in [2.75, 3.05) is 0 Å². The number of sulfone groups is 1. The maximum absolute atomic E-state index is 12.2. The van der Waals surface area contributed by atoms with Gasteiger partial charge in [0.15, 0.2) is 9.84 Å². The zero-order valence-electron chi connectivity index (χ0n) is 9.78. The third kappa shape index (κ3) is 3.43. The highest BCUT2D eigenvalue weighted by Gasteiger charge is 2.21. The molecular formula is C14H16O2S. The van der Waals surface area contributed by atoms with E-state index in [1.165, 1.54) is 6.08 Å². The largest absolute Gasteiger partial charge is 0.223 e. The van der Waals surface area contributed by atoms with Gasteiger partial charge in [-0.05, 0) is 19.1 Å². The molecule has 1 rings (SSSR count). The van der Waals surface area contributed by atoms with Crippen LogP contribution in [0.5, 0.6) is 0 Å². The number of benzene rings is 1. The van der Waals surface area contributed by atoms with Crippen LogP contribution in [-0.4, -0.2) is 13.7 Å². The highest BCUT2D eigenvalue weighted by molar-refractivity contribution is 7.92. The van der Waals surface area contributed by atoms with Gasteiger partial charge in [-0.3, -0.25) is 0 Å². The Balaban J connectivity index is 3.07. The molecule has 0 fully saturated rings. The molecule has 2 nitrogen and oxygen atoms in total. The minimum atomic E-state index is -3.37. The van der Waals surface area contributed by atoms with Crippen molar-refractivity contribution < 1.29 is 8.42 Å². The molecule has 1 atom stereocenters. The maximum atomic E-state index is 12.2. The summed E-state index contributed by atoms with van der Waals surface area (Å²) >= 11 is 0. The molecule has 1 unspecified atom stereocenters. The summed E-state index contributed by atoms with van der Waals surface area (Å²) in [4.78, 5) is 0.315. The van der Waals surface area contributed by atoms with Gasteiger partial charge in [0, 0.05) is 0 Å². The highest BCUT2D eigenvalue weighted by Crippen LogP contribution is 2.17. The molecule has 0 bridgehead atoms. The van der Waals surface area contributed by atoms with Crippen molar-refractivity contribution in [2.24, 2.45) is 0 Å². The third-order valence-electron chi connectivity index (χ3n) is 2.27. The summed E-state index contributed by atoms with van der Waals surface area (Å²) in [6.07, 6.45) is 8.40. The Morgan fingerprint density at radius 1 is 1.18 bits per heavy atom. The van der Waals surface area contributed by atoms with Crippen molar-refractivity contribution in [3.05, 3.63) is 67.3 Å². The van der Waals surface area contributed by atoms with Gasteiger partial charge in [-0.2, -0.15) is 0 Å². The van der Waals surface area contributed by atoms with E-state index in [0.29, 0.717) is 4.90 Å². The molecule has 0 radical (unpaired) electrons. The van der Waals surface area contributed by atoms with Gasteiger partial charge in [0.1, 0.15) is 5.25 Å². The first-order valence-electron chi connectivity index (χ1n) is 5.34. The molecule has 0 aliphatic carbocycles. The topological polar surface area (TPSA) is 34.1 Å². The molecule has 0 saturated carbocycles. The number of hydrogen-bond donors (Lipinski definition) is 0. The normalized spacial score (nSPS) is 14.2. The first-order valence-corrected chi connectivity index (χ1v) is 6.88. The second kappa shape index (κ2) is 6.21. The van der Waals surface area contributed by atoms with Crippen LogP contribution >= 0.6 is 0 Å². The van der Waals surface area contributed by atoms with Crippen LogP contribution in [0.4, 0.5) is 0 Å². The van der Waals surface area contributed by atoms with Crippen LogP contribution in [0.15, 0.2) is 72.2 Å². The highest BCUT2D eigenvalue weighted by atomic mass is 32.2. The van der Waals surface area contributed by atoms with Crippen molar-refractivity contribution in [1.82, 2.24) is 0 Å². The molecule has 0 aliphatic rings. The Labute approximate surface area is 103 Å². The Morgan fingerprint density at radius 2 is 1.82 bits per heavy atom. The second-order valence-electron chi connectivity index (χ2n) is 3.47. The summed E-state index contributed by atoms with van der Waals surface area (Å²) in [5.41, 5.74) is 0. The van der Waals surface area contributed by atoms with Crippen LogP contribution in [0, 0.1) is 0 Å². The molecule has 0 N–H and O–H groups in total. The predicted molar refractivity (Wildman–Crippen MR) is 71.6 cm³/mol. The summed E-state index contributed by atoms with van der Waals surface area (Å²) in [5, 5.41) is -0.693. The molecule has 0 saturated heterocycles. The average Bonchev–Trinajstić information content (AvgIpc) is 2.35. The molecule has 90 valence electrons. The molecule has 0 amide bonds. The van der Waals surface area contributed by atoms with E-state index in [1.807, 2.05) is 13.0 Å². The van der Waals surface area contributed by atoms with E-state index >= 15 is 0 Å². The van der Waals surface area contributed by atoms with Gasteiger partial charge in [0.05, 0.1) is 4.90 Å². The molecule has 0 spiro atoms. The summed E-state index contributed by atoms with van der Waals surface area (Å²) < 4.78 is 24.4. The van der Waals surface area contributed by atoms with E-state index in [-0.39, 0.29) is 0 Å². The van der Waals surface area contributed by atoms with E-state index in [9.17, 15) is 8.42 Å². The van der Waals surface area contributed by atoms with E-state index in [4.69, 9.17) is 0 Å². The fourth-order valence-electron chi connectivity index (χ4n) is 1.36. The number of allylic oxidation sites excluding steroid dienone is 3. The van der Waals surface area contributed by atoms with E-state index in [2.05, 4.69) is 6.58 Å². The van der Waals surface area contributed by atoms with Crippen LogP contribution in [-0.2, 0) is 9.84 Å². The zero-order chi connectivity index (χ0) is 12.7. The predicted octanol–water partition coefficient (Wildman–Crippen LogP) is 3.15. The Morgan fingerprint density at radius 3 is 2.35 bits per heavy atom. The van der Waals surface area contributed by atoms with Crippen LogP contribution in [0.3, 0.4) is 0 Å². The van der Waals surface area contributed by atoms with Crippen molar-refractivity contribution in [2.45, 2.75) is 17.1 Å². The van der Waals surface area contributed by atoms with E-state index in [0.717, 1.165) is 0 Å². The fourth-order valence-corrected chi connectivity index (χ4v) is 2.76. The molecule has 1 aromatic rings. The van der Waals surface area contributed by atoms with Crippen LogP contribution in [0.25, 0.3) is 0 Å². The van der Waals surface area contributed by atoms with Gasteiger partial charge in [0.2, 0.25) is 0 Å². The lowest BCUT2D eigenvalue weighted by atomic mass is 10.3. The first kappa shape index (κ1) is 13.5.